The highest BCUT2D eigenvalue weighted by Gasteiger charge is 2.26. The molecule has 0 bridgehead atoms. The smallest absolute Gasteiger partial charge is 0.149 e. The molecular formula is C14H12FN3. The van der Waals surface area contributed by atoms with Crippen LogP contribution < -0.4 is 5.32 Å². The van der Waals surface area contributed by atoms with Crippen molar-refractivity contribution in [3.8, 4) is 6.07 Å². The fourth-order valence-electron chi connectivity index (χ4n) is 1.68. The lowest BCUT2D eigenvalue weighted by atomic mass is 9.95. The van der Waals surface area contributed by atoms with Crippen LogP contribution in [0.5, 0.6) is 0 Å². The summed E-state index contributed by atoms with van der Waals surface area (Å²) in [7, 11) is 0. The number of rotatable bonds is 3. The Kier molecular flexibility index (Phi) is 3.24. The number of nitrogens with one attached hydrogen (secondary N) is 1. The minimum Gasteiger partial charge on any atom is -0.364 e. The second kappa shape index (κ2) is 4.84. The van der Waals surface area contributed by atoms with E-state index < -0.39 is 5.54 Å². The molecule has 1 aromatic carbocycles. The van der Waals surface area contributed by atoms with Gasteiger partial charge in [0.1, 0.15) is 11.4 Å². The van der Waals surface area contributed by atoms with Crippen molar-refractivity contribution >= 4 is 5.69 Å². The van der Waals surface area contributed by atoms with Crippen LogP contribution in [0, 0.1) is 17.1 Å². The molecular weight excluding hydrogens is 229 g/mol. The van der Waals surface area contributed by atoms with Crippen molar-refractivity contribution < 1.29 is 4.39 Å². The molecule has 2 rings (SSSR count). The van der Waals surface area contributed by atoms with E-state index in [-0.39, 0.29) is 5.82 Å². The summed E-state index contributed by atoms with van der Waals surface area (Å²) in [5, 5.41) is 12.4. The third kappa shape index (κ3) is 2.46. The zero-order valence-corrected chi connectivity index (χ0v) is 9.89. The van der Waals surface area contributed by atoms with E-state index in [1.165, 1.54) is 12.1 Å². The summed E-state index contributed by atoms with van der Waals surface area (Å²) in [4.78, 5) is 3.99. The standard InChI is InChI=1S/C14H12FN3/c1-14(10-16,11-4-3-7-17-9-11)18-13-6-2-5-12(15)8-13/h2-9,18H,1H3. The Bertz CT molecular complexity index is 577. The van der Waals surface area contributed by atoms with Crippen LogP contribution in [-0.2, 0) is 5.54 Å². The minimum atomic E-state index is -0.942. The van der Waals surface area contributed by atoms with Gasteiger partial charge in [-0.25, -0.2) is 4.39 Å². The molecule has 3 nitrogen and oxygen atoms in total. The zero-order valence-electron chi connectivity index (χ0n) is 9.89. The summed E-state index contributed by atoms with van der Waals surface area (Å²) in [6.45, 7) is 1.73. The molecule has 0 fully saturated rings. The van der Waals surface area contributed by atoms with E-state index >= 15 is 0 Å². The van der Waals surface area contributed by atoms with Crippen molar-refractivity contribution in [2.75, 3.05) is 5.32 Å². The first kappa shape index (κ1) is 12.1. The van der Waals surface area contributed by atoms with Gasteiger partial charge in [-0.05, 0) is 31.2 Å². The van der Waals surface area contributed by atoms with Gasteiger partial charge in [0.2, 0.25) is 0 Å². The van der Waals surface area contributed by atoms with Gasteiger partial charge in [0.15, 0.2) is 0 Å². The lowest BCUT2D eigenvalue weighted by Crippen LogP contribution is -2.30. The van der Waals surface area contributed by atoms with Gasteiger partial charge >= 0.3 is 0 Å². The van der Waals surface area contributed by atoms with Crippen LogP contribution in [-0.4, -0.2) is 4.98 Å². The number of hydrogen-bond donors (Lipinski definition) is 1. The Morgan fingerprint density at radius 2 is 2.17 bits per heavy atom. The number of halogens is 1. The number of anilines is 1. The predicted molar refractivity (Wildman–Crippen MR) is 67.2 cm³/mol. The zero-order chi connectivity index (χ0) is 13.0. The van der Waals surface area contributed by atoms with Gasteiger partial charge in [-0.1, -0.05) is 12.1 Å². The van der Waals surface area contributed by atoms with Crippen LogP contribution in [0.3, 0.4) is 0 Å². The van der Waals surface area contributed by atoms with Crippen molar-refractivity contribution in [1.82, 2.24) is 4.98 Å². The van der Waals surface area contributed by atoms with Crippen LogP contribution in [0.4, 0.5) is 10.1 Å². The number of hydrogen-bond acceptors (Lipinski definition) is 3. The Labute approximate surface area is 105 Å². The molecule has 0 saturated heterocycles. The molecule has 1 aromatic heterocycles. The van der Waals surface area contributed by atoms with Crippen LogP contribution >= 0.6 is 0 Å². The van der Waals surface area contributed by atoms with Crippen LogP contribution in [0.2, 0.25) is 0 Å². The summed E-state index contributed by atoms with van der Waals surface area (Å²) in [5.74, 6) is -0.341. The fourth-order valence-corrected chi connectivity index (χ4v) is 1.68. The van der Waals surface area contributed by atoms with Gasteiger partial charge < -0.3 is 5.32 Å². The molecule has 0 aliphatic carbocycles. The topological polar surface area (TPSA) is 48.7 Å². The van der Waals surface area contributed by atoms with Gasteiger partial charge in [-0.2, -0.15) is 5.26 Å². The SMILES string of the molecule is CC(C#N)(Nc1cccc(F)c1)c1cccnc1. The molecule has 0 radical (unpaired) electrons. The highest BCUT2D eigenvalue weighted by molar-refractivity contribution is 5.50. The average molecular weight is 241 g/mol. The molecule has 0 amide bonds. The third-order valence-corrected chi connectivity index (χ3v) is 2.68. The van der Waals surface area contributed by atoms with Gasteiger partial charge in [-0.15, -0.1) is 0 Å². The van der Waals surface area contributed by atoms with Crippen molar-refractivity contribution in [3.05, 3.63) is 60.2 Å². The van der Waals surface area contributed by atoms with E-state index in [4.69, 9.17) is 0 Å². The molecule has 18 heavy (non-hydrogen) atoms. The van der Waals surface area contributed by atoms with Crippen molar-refractivity contribution in [3.63, 3.8) is 0 Å². The van der Waals surface area contributed by atoms with E-state index in [9.17, 15) is 9.65 Å². The van der Waals surface area contributed by atoms with Crippen LogP contribution in [0.25, 0.3) is 0 Å². The molecule has 2 aromatic rings. The maximum absolute atomic E-state index is 13.1. The van der Waals surface area contributed by atoms with Crippen molar-refractivity contribution in [1.29, 1.82) is 5.26 Å². The van der Waals surface area contributed by atoms with E-state index in [0.29, 0.717) is 5.69 Å². The van der Waals surface area contributed by atoms with Gasteiger partial charge in [0.05, 0.1) is 6.07 Å². The summed E-state index contributed by atoms with van der Waals surface area (Å²) in [6, 6.07) is 11.8. The second-order valence-corrected chi connectivity index (χ2v) is 4.11. The molecule has 0 aliphatic rings. The summed E-state index contributed by atoms with van der Waals surface area (Å²) in [6.07, 6.45) is 3.26. The lowest BCUT2D eigenvalue weighted by molar-refractivity contribution is 0.626. The second-order valence-electron chi connectivity index (χ2n) is 4.11. The molecule has 0 saturated carbocycles. The van der Waals surface area contributed by atoms with Gasteiger partial charge in [0.25, 0.3) is 0 Å². The average Bonchev–Trinajstić information content (AvgIpc) is 2.39. The number of aromatic nitrogens is 1. The number of nitrogens with zero attached hydrogens (tertiary/aromatic N) is 2. The Morgan fingerprint density at radius 1 is 1.33 bits per heavy atom. The summed E-state index contributed by atoms with van der Waals surface area (Å²) < 4.78 is 13.1. The molecule has 1 heterocycles. The minimum absolute atomic E-state index is 0.341. The van der Waals surface area contributed by atoms with E-state index in [1.54, 1.807) is 37.5 Å². The normalized spacial score (nSPS) is 13.4. The molecule has 1 atom stereocenters. The first-order valence-electron chi connectivity index (χ1n) is 5.49. The Hall–Kier alpha value is -2.41. The molecule has 90 valence electrons. The van der Waals surface area contributed by atoms with Gasteiger partial charge in [0, 0.05) is 23.6 Å². The third-order valence-electron chi connectivity index (χ3n) is 2.68. The number of benzene rings is 1. The van der Waals surface area contributed by atoms with Crippen LogP contribution in [0.1, 0.15) is 12.5 Å². The summed E-state index contributed by atoms with van der Waals surface area (Å²) in [5.41, 5.74) is 0.349. The molecule has 1 unspecified atom stereocenters. The highest BCUT2D eigenvalue weighted by atomic mass is 19.1. The summed E-state index contributed by atoms with van der Waals surface area (Å²) >= 11 is 0. The number of nitriles is 1. The van der Waals surface area contributed by atoms with E-state index in [0.717, 1.165) is 5.56 Å². The fraction of sp³-hybridized carbons (Fsp3) is 0.143. The van der Waals surface area contributed by atoms with Crippen molar-refractivity contribution in [2.24, 2.45) is 0 Å². The largest absolute Gasteiger partial charge is 0.364 e. The first-order chi connectivity index (χ1) is 8.64. The lowest BCUT2D eigenvalue weighted by Gasteiger charge is -2.24. The van der Waals surface area contributed by atoms with Gasteiger partial charge in [-0.3, -0.25) is 4.98 Å². The van der Waals surface area contributed by atoms with E-state index in [2.05, 4.69) is 16.4 Å². The molecule has 0 aliphatic heterocycles. The van der Waals surface area contributed by atoms with Crippen LogP contribution in [0.15, 0.2) is 48.8 Å². The Balaban J connectivity index is 2.33. The molecule has 4 heteroatoms. The molecule has 0 spiro atoms. The predicted octanol–water partition coefficient (Wildman–Crippen LogP) is 3.07. The maximum Gasteiger partial charge on any atom is 0.149 e. The highest BCUT2D eigenvalue weighted by Crippen LogP contribution is 2.25. The van der Waals surface area contributed by atoms with Crippen molar-refractivity contribution in [2.45, 2.75) is 12.5 Å². The molecule has 1 N–H and O–H groups in total. The monoisotopic (exact) mass is 241 g/mol. The van der Waals surface area contributed by atoms with E-state index in [1.807, 2.05) is 6.07 Å². The first-order valence-corrected chi connectivity index (χ1v) is 5.49. The Morgan fingerprint density at radius 3 is 2.78 bits per heavy atom. The quantitative estimate of drug-likeness (QED) is 0.898. The number of pyridine rings is 1. The maximum atomic E-state index is 13.1.